The summed E-state index contributed by atoms with van der Waals surface area (Å²) in [7, 11) is 0. The van der Waals surface area contributed by atoms with Gasteiger partial charge >= 0.3 is 5.97 Å². The van der Waals surface area contributed by atoms with E-state index in [1.54, 1.807) is 0 Å². The first-order valence-electron chi connectivity index (χ1n) is 7.17. The highest BCUT2D eigenvalue weighted by Crippen LogP contribution is 2.22. The van der Waals surface area contributed by atoms with Gasteiger partial charge in [0.1, 0.15) is 0 Å². The molecule has 2 unspecified atom stereocenters. The van der Waals surface area contributed by atoms with Crippen LogP contribution in [0.15, 0.2) is 24.3 Å². The molecular formula is C16H25NO3. The first-order chi connectivity index (χ1) is 9.45. The monoisotopic (exact) mass is 279 g/mol. The topological polar surface area (TPSA) is 69.6 Å². The van der Waals surface area contributed by atoms with E-state index in [1.807, 2.05) is 38.1 Å². The normalized spacial score (nSPS) is 14.2. The molecule has 4 heteroatoms. The predicted octanol–water partition coefficient (Wildman–Crippen LogP) is 2.37. The molecule has 0 amide bonds. The molecule has 0 aliphatic rings. The van der Waals surface area contributed by atoms with Crippen LogP contribution in [0.3, 0.4) is 0 Å². The first kappa shape index (κ1) is 16.7. The summed E-state index contributed by atoms with van der Waals surface area (Å²) in [5.74, 6) is -0.777. The van der Waals surface area contributed by atoms with E-state index >= 15 is 0 Å². The third-order valence-corrected chi connectivity index (χ3v) is 3.41. The van der Waals surface area contributed by atoms with Crippen LogP contribution in [0.1, 0.15) is 44.4 Å². The van der Waals surface area contributed by atoms with Gasteiger partial charge in [0.05, 0.1) is 12.6 Å². The first-order valence-corrected chi connectivity index (χ1v) is 7.17. The molecule has 0 aromatic heterocycles. The highest BCUT2D eigenvalue weighted by Gasteiger charge is 2.24. The van der Waals surface area contributed by atoms with E-state index in [-0.39, 0.29) is 18.5 Å². The maximum Gasteiger partial charge on any atom is 0.317 e. The van der Waals surface area contributed by atoms with Crippen molar-refractivity contribution in [2.45, 2.75) is 45.8 Å². The molecule has 0 spiro atoms. The zero-order valence-electron chi connectivity index (χ0n) is 12.5. The van der Waals surface area contributed by atoms with Gasteiger partial charge in [-0.3, -0.25) is 4.79 Å². The molecule has 1 aromatic rings. The summed E-state index contributed by atoms with van der Waals surface area (Å²) in [6.07, 6.45) is 1.42. The van der Waals surface area contributed by atoms with Crippen molar-refractivity contribution >= 4 is 5.97 Å². The standard InChI is InChI=1S/C16H25NO3/c1-4-5-12-6-8-13(9-7-12)16(20)15(11(2)3)17-10-14(18)19/h6-9,11,15-17,20H,4-5,10H2,1-3H3,(H,18,19). The van der Waals surface area contributed by atoms with Crippen LogP contribution in [-0.4, -0.2) is 28.8 Å². The quantitative estimate of drug-likeness (QED) is 0.683. The van der Waals surface area contributed by atoms with Crippen LogP contribution in [0.4, 0.5) is 0 Å². The van der Waals surface area contributed by atoms with E-state index in [4.69, 9.17) is 5.11 Å². The Morgan fingerprint density at radius 1 is 1.25 bits per heavy atom. The fourth-order valence-electron chi connectivity index (χ4n) is 2.29. The lowest BCUT2D eigenvalue weighted by molar-refractivity contribution is -0.136. The van der Waals surface area contributed by atoms with E-state index in [0.29, 0.717) is 0 Å². The Balaban J connectivity index is 2.77. The summed E-state index contributed by atoms with van der Waals surface area (Å²) in [6, 6.07) is 7.62. The van der Waals surface area contributed by atoms with Crippen LogP contribution in [0.5, 0.6) is 0 Å². The van der Waals surface area contributed by atoms with Gasteiger partial charge in [-0.15, -0.1) is 0 Å². The van der Waals surface area contributed by atoms with Crippen molar-refractivity contribution in [2.75, 3.05) is 6.54 Å². The predicted molar refractivity (Wildman–Crippen MR) is 79.7 cm³/mol. The van der Waals surface area contributed by atoms with Crippen LogP contribution in [0.2, 0.25) is 0 Å². The summed E-state index contributed by atoms with van der Waals surface area (Å²) < 4.78 is 0. The molecular weight excluding hydrogens is 254 g/mol. The number of rotatable bonds is 8. The zero-order chi connectivity index (χ0) is 15.1. The van der Waals surface area contributed by atoms with E-state index in [2.05, 4.69) is 12.2 Å². The Labute approximate surface area is 120 Å². The molecule has 0 saturated heterocycles. The molecule has 0 fully saturated rings. The minimum absolute atomic E-state index is 0.139. The van der Waals surface area contributed by atoms with Gasteiger partial charge in [-0.05, 0) is 23.5 Å². The molecule has 4 nitrogen and oxygen atoms in total. The van der Waals surface area contributed by atoms with Crippen LogP contribution < -0.4 is 5.32 Å². The zero-order valence-corrected chi connectivity index (χ0v) is 12.5. The molecule has 2 atom stereocenters. The number of hydrogen-bond acceptors (Lipinski definition) is 3. The number of aryl methyl sites for hydroxylation is 1. The maximum absolute atomic E-state index is 10.7. The largest absolute Gasteiger partial charge is 0.480 e. The van der Waals surface area contributed by atoms with E-state index in [0.717, 1.165) is 18.4 Å². The number of carboxylic acid groups (broad SMARTS) is 1. The van der Waals surface area contributed by atoms with Crippen molar-refractivity contribution in [1.82, 2.24) is 5.32 Å². The van der Waals surface area contributed by atoms with Gasteiger partial charge in [0.2, 0.25) is 0 Å². The van der Waals surface area contributed by atoms with Crippen molar-refractivity contribution in [3.8, 4) is 0 Å². The lowest BCUT2D eigenvalue weighted by Crippen LogP contribution is -2.41. The summed E-state index contributed by atoms with van der Waals surface area (Å²) in [5, 5.41) is 22.1. The Morgan fingerprint density at radius 3 is 2.30 bits per heavy atom. The molecule has 0 heterocycles. The Bertz CT molecular complexity index is 414. The SMILES string of the molecule is CCCc1ccc(C(O)C(NCC(=O)O)C(C)C)cc1. The second-order valence-electron chi connectivity index (χ2n) is 5.48. The second kappa shape index (κ2) is 8.02. The third kappa shape index (κ3) is 4.94. The van der Waals surface area contributed by atoms with Crippen LogP contribution in [0, 0.1) is 5.92 Å². The summed E-state index contributed by atoms with van der Waals surface area (Å²) in [4.78, 5) is 10.7. The minimum Gasteiger partial charge on any atom is -0.480 e. The van der Waals surface area contributed by atoms with E-state index in [1.165, 1.54) is 5.56 Å². The van der Waals surface area contributed by atoms with Crippen LogP contribution >= 0.6 is 0 Å². The molecule has 112 valence electrons. The number of carboxylic acids is 1. The molecule has 1 rings (SSSR count). The van der Waals surface area contributed by atoms with Gasteiger partial charge in [0.15, 0.2) is 0 Å². The molecule has 3 N–H and O–H groups in total. The van der Waals surface area contributed by atoms with Gasteiger partial charge in [0, 0.05) is 6.04 Å². The van der Waals surface area contributed by atoms with Gasteiger partial charge in [-0.25, -0.2) is 0 Å². The minimum atomic E-state index is -0.916. The fourth-order valence-corrected chi connectivity index (χ4v) is 2.29. The third-order valence-electron chi connectivity index (χ3n) is 3.41. The lowest BCUT2D eigenvalue weighted by Gasteiger charge is -2.27. The number of nitrogens with one attached hydrogen (secondary N) is 1. The van der Waals surface area contributed by atoms with E-state index in [9.17, 15) is 9.90 Å². The number of aliphatic carboxylic acids is 1. The second-order valence-corrected chi connectivity index (χ2v) is 5.48. The maximum atomic E-state index is 10.7. The Hall–Kier alpha value is -1.39. The van der Waals surface area contributed by atoms with Crippen LogP contribution in [-0.2, 0) is 11.2 Å². The highest BCUT2D eigenvalue weighted by atomic mass is 16.4. The Kier molecular flexibility index (Phi) is 6.68. The molecule has 20 heavy (non-hydrogen) atoms. The number of benzene rings is 1. The van der Waals surface area contributed by atoms with Gasteiger partial charge in [-0.2, -0.15) is 0 Å². The summed E-state index contributed by atoms with van der Waals surface area (Å²) >= 11 is 0. The number of hydrogen-bond donors (Lipinski definition) is 3. The van der Waals surface area contributed by atoms with Crippen molar-refractivity contribution in [2.24, 2.45) is 5.92 Å². The molecule has 0 radical (unpaired) electrons. The number of carbonyl (C=O) groups is 1. The van der Waals surface area contributed by atoms with Crippen molar-refractivity contribution < 1.29 is 15.0 Å². The molecule has 0 aliphatic heterocycles. The molecule has 1 aromatic carbocycles. The van der Waals surface area contributed by atoms with Crippen molar-refractivity contribution in [3.05, 3.63) is 35.4 Å². The smallest absolute Gasteiger partial charge is 0.317 e. The summed E-state index contributed by atoms with van der Waals surface area (Å²) in [6.45, 7) is 5.92. The molecule has 0 aliphatic carbocycles. The number of aliphatic hydroxyl groups is 1. The van der Waals surface area contributed by atoms with Crippen LogP contribution in [0.25, 0.3) is 0 Å². The van der Waals surface area contributed by atoms with Gasteiger partial charge in [-0.1, -0.05) is 51.5 Å². The average molecular weight is 279 g/mol. The van der Waals surface area contributed by atoms with Crippen molar-refractivity contribution in [1.29, 1.82) is 0 Å². The fraction of sp³-hybridized carbons (Fsp3) is 0.562. The number of aliphatic hydroxyl groups excluding tert-OH is 1. The average Bonchev–Trinajstić information content (AvgIpc) is 2.39. The van der Waals surface area contributed by atoms with Gasteiger partial charge in [0.25, 0.3) is 0 Å². The lowest BCUT2D eigenvalue weighted by atomic mass is 9.92. The highest BCUT2D eigenvalue weighted by molar-refractivity contribution is 5.69. The Morgan fingerprint density at radius 2 is 1.85 bits per heavy atom. The van der Waals surface area contributed by atoms with E-state index < -0.39 is 12.1 Å². The van der Waals surface area contributed by atoms with Gasteiger partial charge < -0.3 is 15.5 Å². The van der Waals surface area contributed by atoms with Crippen molar-refractivity contribution in [3.63, 3.8) is 0 Å². The summed E-state index contributed by atoms with van der Waals surface area (Å²) in [5.41, 5.74) is 2.07. The molecule has 0 bridgehead atoms. The molecule has 0 saturated carbocycles.